The van der Waals surface area contributed by atoms with Gasteiger partial charge in [-0.2, -0.15) is 0 Å². The summed E-state index contributed by atoms with van der Waals surface area (Å²) in [6.45, 7) is 1.67. The largest absolute Gasteiger partial charge is 0.462 e. The Morgan fingerprint density at radius 3 is 2.38 bits per heavy atom. The van der Waals surface area contributed by atoms with Crippen molar-refractivity contribution in [1.29, 1.82) is 0 Å². The van der Waals surface area contributed by atoms with Gasteiger partial charge in [0.15, 0.2) is 0 Å². The molecule has 0 aliphatic heterocycles. The molecule has 0 unspecified atom stereocenters. The predicted octanol–water partition coefficient (Wildman–Crippen LogP) is 3.82. The standard InChI is InChI=1S/C17H17NO2S/c1-13(19)20-10-4-7-16-11-14-5-2-3-6-15(14)12-17(16)8-9-18-21/h2-9,11-12,18,21H,10H2,1H3/b7-4+,9-8+. The Hall–Kier alpha value is -2.20. The third-order valence-corrected chi connectivity index (χ3v) is 3.12. The first-order valence-electron chi connectivity index (χ1n) is 6.59. The van der Waals surface area contributed by atoms with E-state index in [4.69, 9.17) is 4.74 Å². The van der Waals surface area contributed by atoms with Gasteiger partial charge in [0.2, 0.25) is 0 Å². The lowest BCUT2D eigenvalue weighted by Gasteiger charge is -2.05. The van der Waals surface area contributed by atoms with Crippen molar-refractivity contribution in [3.8, 4) is 0 Å². The highest BCUT2D eigenvalue weighted by molar-refractivity contribution is 7.78. The molecule has 0 atom stereocenters. The van der Waals surface area contributed by atoms with Crippen LogP contribution in [-0.2, 0) is 9.53 Å². The summed E-state index contributed by atoms with van der Waals surface area (Å²) in [5.41, 5.74) is 2.12. The van der Waals surface area contributed by atoms with Gasteiger partial charge in [-0.3, -0.25) is 4.79 Å². The quantitative estimate of drug-likeness (QED) is 0.651. The fraction of sp³-hybridized carbons (Fsp3) is 0.118. The van der Waals surface area contributed by atoms with Crippen molar-refractivity contribution >= 4 is 41.7 Å². The van der Waals surface area contributed by atoms with Gasteiger partial charge in [-0.15, -0.1) is 0 Å². The highest BCUT2D eigenvalue weighted by Gasteiger charge is 2.00. The molecule has 21 heavy (non-hydrogen) atoms. The van der Waals surface area contributed by atoms with Crippen LogP contribution >= 0.6 is 12.8 Å². The molecule has 1 N–H and O–H groups in total. The van der Waals surface area contributed by atoms with Crippen LogP contribution in [0.25, 0.3) is 22.9 Å². The van der Waals surface area contributed by atoms with Gasteiger partial charge in [0.25, 0.3) is 0 Å². The molecule has 0 radical (unpaired) electrons. The summed E-state index contributed by atoms with van der Waals surface area (Å²) in [4.78, 5) is 10.8. The normalized spacial score (nSPS) is 11.3. The fourth-order valence-electron chi connectivity index (χ4n) is 2.03. The van der Waals surface area contributed by atoms with Gasteiger partial charge in [-0.05, 0) is 46.2 Å². The molecule has 0 amide bonds. The number of carbonyl (C=O) groups is 1. The summed E-state index contributed by atoms with van der Waals surface area (Å²) in [5, 5.41) is 2.34. The first-order valence-corrected chi connectivity index (χ1v) is 7.04. The maximum atomic E-state index is 10.8. The van der Waals surface area contributed by atoms with Gasteiger partial charge in [0.05, 0.1) is 0 Å². The first kappa shape index (κ1) is 15.2. The number of hydrogen-bond donors (Lipinski definition) is 2. The van der Waals surface area contributed by atoms with Crippen molar-refractivity contribution in [3.05, 3.63) is 59.8 Å². The van der Waals surface area contributed by atoms with Crippen molar-refractivity contribution in [2.75, 3.05) is 6.61 Å². The van der Waals surface area contributed by atoms with Crippen molar-refractivity contribution in [2.45, 2.75) is 6.92 Å². The van der Waals surface area contributed by atoms with Crippen LogP contribution in [0, 0.1) is 0 Å². The Morgan fingerprint density at radius 1 is 1.19 bits per heavy atom. The summed E-state index contributed by atoms with van der Waals surface area (Å²) in [6.07, 6.45) is 7.49. The van der Waals surface area contributed by atoms with E-state index >= 15 is 0 Å². The van der Waals surface area contributed by atoms with E-state index in [1.807, 2.05) is 30.4 Å². The number of fused-ring (bicyclic) bond motifs is 1. The van der Waals surface area contributed by atoms with Gasteiger partial charge < -0.3 is 9.46 Å². The Balaban J connectivity index is 2.34. The van der Waals surface area contributed by atoms with Crippen LogP contribution in [0.15, 0.2) is 48.7 Å². The lowest BCUT2D eigenvalue weighted by atomic mass is 10.0. The van der Waals surface area contributed by atoms with E-state index in [1.54, 1.807) is 6.20 Å². The van der Waals surface area contributed by atoms with E-state index < -0.39 is 0 Å². The number of thiol groups is 1. The SMILES string of the molecule is CC(=O)OC/C=C/c1cc2ccccc2cc1/C=C/NS. The van der Waals surface area contributed by atoms with E-state index in [0.29, 0.717) is 0 Å². The lowest BCUT2D eigenvalue weighted by molar-refractivity contribution is -0.139. The number of nitrogens with one attached hydrogen (secondary N) is 1. The van der Waals surface area contributed by atoms with Crippen LogP contribution in [0.5, 0.6) is 0 Å². The molecular formula is C17H17NO2S. The number of benzene rings is 2. The molecule has 0 saturated heterocycles. The third kappa shape index (κ3) is 4.39. The smallest absolute Gasteiger partial charge is 0.302 e. The number of ether oxygens (including phenoxy) is 1. The maximum Gasteiger partial charge on any atom is 0.302 e. The van der Waals surface area contributed by atoms with Crippen LogP contribution < -0.4 is 4.72 Å². The Kier molecular flexibility index (Phi) is 5.46. The molecule has 108 valence electrons. The first-order chi connectivity index (χ1) is 10.2. The van der Waals surface area contributed by atoms with E-state index in [-0.39, 0.29) is 12.6 Å². The third-order valence-electron chi connectivity index (χ3n) is 2.97. The number of carbonyl (C=O) groups excluding carboxylic acids is 1. The molecule has 2 rings (SSSR count). The highest BCUT2D eigenvalue weighted by atomic mass is 32.1. The topological polar surface area (TPSA) is 38.3 Å². The van der Waals surface area contributed by atoms with Crippen LogP contribution in [-0.4, -0.2) is 12.6 Å². The number of rotatable bonds is 5. The van der Waals surface area contributed by atoms with Crippen molar-refractivity contribution in [1.82, 2.24) is 4.72 Å². The maximum absolute atomic E-state index is 10.8. The van der Waals surface area contributed by atoms with Gasteiger partial charge in [0.1, 0.15) is 6.61 Å². The molecule has 2 aromatic carbocycles. The number of hydrogen-bond acceptors (Lipinski definition) is 4. The highest BCUT2D eigenvalue weighted by Crippen LogP contribution is 2.22. The molecule has 3 nitrogen and oxygen atoms in total. The minimum absolute atomic E-state index is 0.274. The molecule has 0 heterocycles. The average Bonchev–Trinajstić information content (AvgIpc) is 2.49. The number of esters is 1. The lowest BCUT2D eigenvalue weighted by Crippen LogP contribution is -1.97. The van der Waals surface area contributed by atoms with Crippen LogP contribution in [0.4, 0.5) is 0 Å². The zero-order valence-electron chi connectivity index (χ0n) is 11.7. The summed E-state index contributed by atoms with van der Waals surface area (Å²) < 4.78 is 7.60. The monoisotopic (exact) mass is 299 g/mol. The fourth-order valence-corrected chi connectivity index (χ4v) is 2.11. The van der Waals surface area contributed by atoms with Crippen molar-refractivity contribution in [3.63, 3.8) is 0 Å². The van der Waals surface area contributed by atoms with Gasteiger partial charge in [-0.1, -0.05) is 43.2 Å². The minimum atomic E-state index is -0.280. The van der Waals surface area contributed by atoms with Crippen LogP contribution in [0.2, 0.25) is 0 Å². The zero-order valence-corrected chi connectivity index (χ0v) is 12.6. The van der Waals surface area contributed by atoms with Crippen molar-refractivity contribution < 1.29 is 9.53 Å². The predicted molar refractivity (Wildman–Crippen MR) is 90.8 cm³/mol. The summed E-state index contributed by atoms with van der Waals surface area (Å²) in [6, 6.07) is 12.4. The van der Waals surface area contributed by atoms with Gasteiger partial charge in [0, 0.05) is 13.1 Å². The minimum Gasteiger partial charge on any atom is -0.462 e. The Labute approximate surface area is 129 Å². The Morgan fingerprint density at radius 2 is 1.81 bits per heavy atom. The molecule has 2 aromatic rings. The van der Waals surface area contributed by atoms with Crippen molar-refractivity contribution in [2.24, 2.45) is 0 Å². The molecule has 0 saturated carbocycles. The molecule has 0 fully saturated rings. The van der Waals surface area contributed by atoms with E-state index in [9.17, 15) is 4.79 Å². The average molecular weight is 299 g/mol. The van der Waals surface area contributed by atoms with Gasteiger partial charge >= 0.3 is 5.97 Å². The second kappa shape index (κ2) is 7.55. The van der Waals surface area contributed by atoms with E-state index in [0.717, 1.165) is 11.1 Å². The second-order valence-electron chi connectivity index (χ2n) is 4.50. The van der Waals surface area contributed by atoms with E-state index in [2.05, 4.69) is 41.8 Å². The molecular weight excluding hydrogens is 282 g/mol. The molecule has 0 spiro atoms. The molecule has 0 aliphatic rings. The second-order valence-corrected chi connectivity index (χ2v) is 4.75. The van der Waals surface area contributed by atoms with Crippen LogP contribution in [0.3, 0.4) is 0 Å². The molecule has 0 aliphatic carbocycles. The summed E-state index contributed by atoms with van der Waals surface area (Å²) >= 11 is 3.95. The zero-order chi connectivity index (χ0) is 15.1. The molecule has 0 bridgehead atoms. The molecule has 0 aromatic heterocycles. The summed E-state index contributed by atoms with van der Waals surface area (Å²) in [7, 11) is 0. The van der Waals surface area contributed by atoms with Gasteiger partial charge in [-0.25, -0.2) is 0 Å². The summed E-state index contributed by atoms with van der Waals surface area (Å²) in [5.74, 6) is -0.280. The van der Waals surface area contributed by atoms with E-state index in [1.165, 1.54) is 17.7 Å². The van der Waals surface area contributed by atoms with Crippen LogP contribution in [0.1, 0.15) is 18.1 Å². The Bertz CT molecular complexity index is 692. The molecule has 4 heteroatoms.